The molecule has 0 atom stereocenters. The number of sulfonamides is 1. The molecule has 116 valence electrons. The van der Waals surface area contributed by atoms with Crippen LogP contribution in [-0.2, 0) is 21.2 Å². The first-order chi connectivity index (χ1) is 9.76. The molecule has 0 aromatic heterocycles. The predicted molar refractivity (Wildman–Crippen MR) is 77.4 cm³/mol. The summed E-state index contributed by atoms with van der Waals surface area (Å²) in [6.07, 6.45) is 0.0802. The average molecular weight is 315 g/mol. The molecule has 1 aromatic carbocycles. The molecule has 9 heteroatoms. The monoisotopic (exact) mass is 315 g/mol. The Bertz CT molecular complexity index is 615. The van der Waals surface area contributed by atoms with Crippen molar-refractivity contribution < 1.29 is 23.1 Å². The maximum absolute atomic E-state index is 11.6. The van der Waals surface area contributed by atoms with Crippen molar-refractivity contribution >= 4 is 27.7 Å². The molecule has 1 aromatic rings. The Labute approximate surface area is 122 Å². The normalized spacial score (nSPS) is 10.9. The lowest BCUT2D eigenvalue weighted by Gasteiger charge is -2.08. The highest BCUT2D eigenvalue weighted by molar-refractivity contribution is 7.89. The lowest BCUT2D eigenvalue weighted by molar-refractivity contribution is -0.136. The number of rotatable bonds is 7. The molecule has 0 fully saturated rings. The van der Waals surface area contributed by atoms with E-state index in [1.807, 2.05) is 0 Å². The molecule has 0 bridgehead atoms. The van der Waals surface area contributed by atoms with E-state index >= 15 is 0 Å². The van der Waals surface area contributed by atoms with Crippen molar-refractivity contribution in [1.82, 2.24) is 5.32 Å². The Hall–Kier alpha value is -2.13. The number of hydrogen-bond acceptors (Lipinski definition) is 4. The fourth-order valence-corrected chi connectivity index (χ4v) is 2.13. The van der Waals surface area contributed by atoms with Gasteiger partial charge in [-0.15, -0.1) is 0 Å². The molecule has 0 heterocycles. The number of nitrogens with one attached hydrogen (secondary N) is 2. The largest absolute Gasteiger partial charge is 0.481 e. The zero-order valence-corrected chi connectivity index (χ0v) is 12.0. The Balaban J connectivity index is 2.42. The van der Waals surface area contributed by atoms with Crippen LogP contribution in [0.15, 0.2) is 24.3 Å². The van der Waals surface area contributed by atoms with Crippen molar-refractivity contribution in [2.45, 2.75) is 12.8 Å². The van der Waals surface area contributed by atoms with E-state index in [1.54, 1.807) is 24.3 Å². The van der Waals surface area contributed by atoms with Crippen molar-refractivity contribution in [3.8, 4) is 0 Å². The number of carbonyl (C=O) groups is 2. The van der Waals surface area contributed by atoms with Gasteiger partial charge < -0.3 is 15.7 Å². The number of urea groups is 1. The summed E-state index contributed by atoms with van der Waals surface area (Å²) in [5.74, 6) is -1.17. The number of nitrogens with two attached hydrogens (primary N) is 1. The van der Waals surface area contributed by atoms with Crippen LogP contribution >= 0.6 is 0 Å². The Morgan fingerprint density at radius 2 is 2.00 bits per heavy atom. The van der Waals surface area contributed by atoms with Gasteiger partial charge in [-0.1, -0.05) is 12.1 Å². The second-order valence-corrected chi connectivity index (χ2v) is 6.11. The summed E-state index contributed by atoms with van der Waals surface area (Å²) in [6.45, 7) is 0.164. The lowest BCUT2D eigenvalue weighted by Crippen LogP contribution is -2.31. The zero-order valence-electron chi connectivity index (χ0n) is 11.2. The molecule has 0 radical (unpaired) electrons. The Morgan fingerprint density at radius 3 is 2.62 bits per heavy atom. The molecule has 8 nitrogen and oxygen atoms in total. The number of hydrogen-bond donors (Lipinski definition) is 4. The van der Waals surface area contributed by atoms with E-state index in [0.717, 1.165) is 0 Å². The summed E-state index contributed by atoms with van der Waals surface area (Å²) in [4.78, 5) is 22.1. The summed E-state index contributed by atoms with van der Waals surface area (Å²) in [5.41, 5.74) is 1.02. The first-order valence-corrected chi connectivity index (χ1v) is 7.84. The van der Waals surface area contributed by atoms with Crippen molar-refractivity contribution in [2.75, 3.05) is 17.6 Å². The van der Waals surface area contributed by atoms with Gasteiger partial charge in [-0.3, -0.25) is 4.79 Å². The summed E-state index contributed by atoms with van der Waals surface area (Å²) in [7, 11) is -3.53. The zero-order chi connectivity index (χ0) is 15.9. The van der Waals surface area contributed by atoms with E-state index in [2.05, 4.69) is 10.6 Å². The highest BCUT2D eigenvalue weighted by atomic mass is 32.2. The van der Waals surface area contributed by atoms with Crippen LogP contribution in [0.4, 0.5) is 10.5 Å². The molecule has 0 saturated carbocycles. The molecule has 21 heavy (non-hydrogen) atoms. The smallest absolute Gasteiger partial charge is 0.319 e. The van der Waals surface area contributed by atoms with Gasteiger partial charge in [0.15, 0.2) is 0 Å². The first kappa shape index (κ1) is 16.9. The second kappa shape index (κ2) is 7.60. The van der Waals surface area contributed by atoms with Crippen LogP contribution in [0, 0.1) is 0 Å². The van der Waals surface area contributed by atoms with E-state index in [-0.39, 0.29) is 25.1 Å². The van der Waals surface area contributed by atoms with Crippen molar-refractivity contribution in [1.29, 1.82) is 0 Å². The first-order valence-electron chi connectivity index (χ1n) is 6.12. The van der Waals surface area contributed by atoms with Crippen LogP contribution in [-0.4, -0.2) is 37.8 Å². The summed E-state index contributed by atoms with van der Waals surface area (Å²) in [6, 6.07) is 5.95. The molecule has 0 saturated heterocycles. The van der Waals surface area contributed by atoms with Crippen LogP contribution in [0.1, 0.15) is 12.0 Å². The number of anilines is 1. The lowest BCUT2D eigenvalue weighted by atomic mass is 10.1. The second-order valence-electron chi connectivity index (χ2n) is 4.37. The SMILES string of the molecule is NS(=O)(=O)CCCNC(=O)Nc1cccc(CC(=O)O)c1. The minimum Gasteiger partial charge on any atom is -0.481 e. The predicted octanol–water partition coefficient (Wildman–Crippen LogP) is 0.114. The van der Waals surface area contributed by atoms with Gasteiger partial charge in [0, 0.05) is 12.2 Å². The number of amides is 2. The minimum atomic E-state index is -3.53. The van der Waals surface area contributed by atoms with Crippen LogP contribution < -0.4 is 15.8 Å². The fourth-order valence-electron chi connectivity index (χ4n) is 1.58. The third kappa shape index (κ3) is 7.90. The molecule has 1 rings (SSSR count). The Kier molecular flexibility index (Phi) is 6.12. The molecule has 2 amide bonds. The molecular weight excluding hydrogens is 298 g/mol. The number of carboxylic acids is 1. The third-order valence-corrected chi connectivity index (χ3v) is 3.29. The maximum atomic E-state index is 11.6. The van der Waals surface area contributed by atoms with Crippen molar-refractivity contribution in [3.05, 3.63) is 29.8 Å². The number of benzene rings is 1. The van der Waals surface area contributed by atoms with Crippen LogP contribution in [0.5, 0.6) is 0 Å². The molecule has 0 aliphatic rings. The molecule has 0 aliphatic heterocycles. The van der Waals surface area contributed by atoms with Crippen molar-refractivity contribution in [2.24, 2.45) is 5.14 Å². The van der Waals surface area contributed by atoms with Crippen LogP contribution in [0.3, 0.4) is 0 Å². The summed E-state index contributed by atoms with van der Waals surface area (Å²) in [5, 5.41) is 18.5. The standard InChI is InChI=1S/C12H17N3O5S/c13-21(19,20)6-2-5-14-12(18)15-10-4-1-3-9(7-10)8-11(16)17/h1,3-4,7H,2,5-6,8H2,(H,16,17)(H2,13,19,20)(H2,14,15,18). The van der Waals surface area contributed by atoms with Gasteiger partial charge in [0.1, 0.15) is 0 Å². The number of aliphatic carboxylic acids is 1. The Morgan fingerprint density at radius 1 is 1.29 bits per heavy atom. The molecule has 0 aliphatic carbocycles. The number of carbonyl (C=O) groups excluding carboxylic acids is 1. The van der Waals surface area contributed by atoms with Gasteiger partial charge in [-0.2, -0.15) is 0 Å². The van der Waals surface area contributed by atoms with Gasteiger partial charge in [0.2, 0.25) is 10.0 Å². The van der Waals surface area contributed by atoms with E-state index in [9.17, 15) is 18.0 Å². The highest BCUT2D eigenvalue weighted by Crippen LogP contribution is 2.11. The maximum Gasteiger partial charge on any atom is 0.319 e. The van der Waals surface area contributed by atoms with E-state index in [1.165, 1.54) is 0 Å². The molecule has 5 N–H and O–H groups in total. The fraction of sp³-hybridized carbons (Fsp3) is 0.333. The van der Waals surface area contributed by atoms with E-state index < -0.39 is 22.0 Å². The summed E-state index contributed by atoms with van der Waals surface area (Å²) >= 11 is 0. The average Bonchev–Trinajstić information content (AvgIpc) is 2.33. The highest BCUT2D eigenvalue weighted by Gasteiger charge is 2.06. The van der Waals surface area contributed by atoms with Gasteiger partial charge in [0.05, 0.1) is 12.2 Å². The molecular formula is C12H17N3O5S. The van der Waals surface area contributed by atoms with Crippen molar-refractivity contribution in [3.63, 3.8) is 0 Å². The van der Waals surface area contributed by atoms with Gasteiger partial charge in [-0.25, -0.2) is 18.4 Å². The number of carboxylic acid groups (broad SMARTS) is 1. The topological polar surface area (TPSA) is 139 Å². The third-order valence-electron chi connectivity index (χ3n) is 2.43. The van der Waals surface area contributed by atoms with Gasteiger partial charge in [0.25, 0.3) is 0 Å². The van der Waals surface area contributed by atoms with Gasteiger partial charge in [-0.05, 0) is 24.1 Å². The summed E-state index contributed by atoms with van der Waals surface area (Å²) < 4.78 is 21.4. The number of primary sulfonamides is 1. The quantitative estimate of drug-likeness (QED) is 0.529. The molecule has 0 unspecified atom stereocenters. The molecule has 0 spiro atoms. The van der Waals surface area contributed by atoms with Crippen LogP contribution in [0.2, 0.25) is 0 Å². The van der Waals surface area contributed by atoms with E-state index in [0.29, 0.717) is 11.3 Å². The van der Waals surface area contributed by atoms with Crippen LogP contribution in [0.25, 0.3) is 0 Å². The van der Waals surface area contributed by atoms with E-state index in [4.69, 9.17) is 10.2 Å². The minimum absolute atomic E-state index is 0.133. The van der Waals surface area contributed by atoms with Gasteiger partial charge >= 0.3 is 12.0 Å².